The Bertz CT molecular complexity index is 178. The van der Waals surface area contributed by atoms with E-state index < -0.39 is 0 Å². The van der Waals surface area contributed by atoms with Crippen molar-refractivity contribution in [3.05, 3.63) is 0 Å². The molecule has 0 spiro atoms. The lowest BCUT2D eigenvalue weighted by Gasteiger charge is -2.41. The van der Waals surface area contributed by atoms with Gasteiger partial charge in [0.25, 0.3) is 0 Å². The number of nitrogens with zero attached hydrogens (tertiary/aromatic N) is 1. The predicted octanol–water partition coefficient (Wildman–Crippen LogP) is 4.32. The Morgan fingerprint density at radius 2 is 1.75 bits per heavy atom. The molecule has 1 fully saturated rings. The van der Waals surface area contributed by atoms with Crippen molar-refractivity contribution in [2.24, 2.45) is 11.3 Å². The monoisotopic (exact) mass is 225 g/mol. The molecule has 0 radical (unpaired) electrons. The zero-order chi connectivity index (χ0) is 12.0. The summed E-state index contributed by atoms with van der Waals surface area (Å²) >= 11 is 0. The molecule has 0 atom stereocenters. The molecular formula is C15H31N. The smallest absolute Gasteiger partial charge is 0.00165 e. The molecule has 0 unspecified atom stereocenters. The van der Waals surface area contributed by atoms with Crippen LogP contribution in [-0.2, 0) is 0 Å². The molecule has 16 heavy (non-hydrogen) atoms. The summed E-state index contributed by atoms with van der Waals surface area (Å²) in [6.07, 6.45) is 10.0. The van der Waals surface area contributed by atoms with Gasteiger partial charge in [0, 0.05) is 0 Å². The molecule has 0 N–H and O–H groups in total. The van der Waals surface area contributed by atoms with Crippen LogP contribution in [0.25, 0.3) is 0 Å². The predicted molar refractivity (Wildman–Crippen MR) is 72.8 cm³/mol. The highest BCUT2D eigenvalue weighted by atomic mass is 15.1. The summed E-state index contributed by atoms with van der Waals surface area (Å²) in [5, 5.41) is 0. The summed E-state index contributed by atoms with van der Waals surface area (Å²) in [4.78, 5) is 2.50. The second-order valence-electron chi connectivity index (χ2n) is 6.34. The molecule has 0 amide bonds. The van der Waals surface area contributed by atoms with Crippen LogP contribution in [0.2, 0.25) is 0 Å². The van der Waals surface area contributed by atoms with E-state index in [0.29, 0.717) is 5.41 Å². The number of rotatable bonds is 6. The molecule has 1 heteroatoms. The minimum Gasteiger partial charge on any atom is -0.306 e. The van der Waals surface area contributed by atoms with Gasteiger partial charge in [-0.25, -0.2) is 0 Å². The number of likely N-dealkylation sites (tertiary alicyclic amines) is 1. The van der Waals surface area contributed by atoms with E-state index in [1.165, 1.54) is 58.0 Å². The van der Waals surface area contributed by atoms with Crippen LogP contribution < -0.4 is 0 Å². The molecule has 1 heterocycles. The maximum Gasteiger partial charge on any atom is -0.00165 e. The van der Waals surface area contributed by atoms with E-state index in [0.717, 1.165) is 5.92 Å². The lowest BCUT2D eigenvalue weighted by Crippen LogP contribution is -2.38. The van der Waals surface area contributed by atoms with Crippen LogP contribution in [0, 0.1) is 11.3 Å². The van der Waals surface area contributed by atoms with Crippen LogP contribution in [0.1, 0.15) is 65.7 Å². The number of piperidine rings is 1. The molecule has 96 valence electrons. The lowest BCUT2D eigenvalue weighted by molar-refractivity contribution is 0.0975. The fraction of sp³-hybridized carbons (Fsp3) is 1.00. The van der Waals surface area contributed by atoms with Crippen LogP contribution in [0.3, 0.4) is 0 Å². The first kappa shape index (κ1) is 14.0. The third kappa shape index (κ3) is 4.45. The van der Waals surface area contributed by atoms with Gasteiger partial charge in [0.05, 0.1) is 0 Å². The Morgan fingerprint density at radius 3 is 2.25 bits per heavy atom. The zero-order valence-electron chi connectivity index (χ0n) is 11.9. The maximum absolute atomic E-state index is 2.50. The fourth-order valence-electron chi connectivity index (χ4n) is 3.13. The number of hydrogen-bond acceptors (Lipinski definition) is 1. The van der Waals surface area contributed by atoms with Gasteiger partial charge in [0.2, 0.25) is 0 Å². The molecule has 1 rings (SSSR count). The minimum absolute atomic E-state index is 0.705. The molecule has 1 aliphatic rings. The first-order valence-corrected chi connectivity index (χ1v) is 7.26. The second kappa shape index (κ2) is 6.64. The van der Waals surface area contributed by atoms with Gasteiger partial charge >= 0.3 is 0 Å². The van der Waals surface area contributed by atoms with Crippen LogP contribution in [0.5, 0.6) is 0 Å². The zero-order valence-corrected chi connectivity index (χ0v) is 11.9. The summed E-state index contributed by atoms with van der Waals surface area (Å²) < 4.78 is 0. The van der Waals surface area contributed by atoms with Crippen LogP contribution >= 0.6 is 0 Å². The van der Waals surface area contributed by atoms with E-state index in [1.54, 1.807) is 0 Å². The summed E-state index contributed by atoms with van der Waals surface area (Å²) in [5.41, 5.74) is 0.705. The van der Waals surface area contributed by atoms with E-state index in [9.17, 15) is 0 Å². The Hall–Kier alpha value is -0.0400. The first-order valence-electron chi connectivity index (χ1n) is 7.26. The van der Waals surface area contributed by atoms with E-state index in [-0.39, 0.29) is 0 Å². The van der Waals surface area contributed by atoms with Gasteiger partial charge in [0.1, 0.15) is 0 Å². The lowest BCUT2D eigenvalue weighted by atomic mass is 9.71. The average Bonchev–Trinajstić information content (AvgIpc) is 2.22. The van der Waals surface area contributed by atoms with E-state index in [1.807, 2.05) is 0 Å². The highest BCUT2D eigenvalue weighted by Gasteiger charge is 2.31. The van der Waals surface area contributed by atoms with Gasteiger partial charge in [-0.3, -0.25) is 0 Å². The van der Waals surface area contributed by atoms with Crippen molar-refractivity contribution < 1.29 is 0 Å². The Balaban J connectivity index is 2.39. The fourth-order valence-corrected chi connectivity index (χ4v) is 3.13. The minimum atomic E-state index is 0.705. The second-order valence-corrected chi connectivity index (χ2v) is 6.34. The van der Waals surface area contributed by atoms with E-state index in [4.69, 9.17) is 0 Å². The van der Waals surface area contributed by atoms with Crippen molar-refractivity contribution in [1.82, 2.24) is 4.90 Å². The highest BCUT2D eigenvalue weighted by molar-refractivity contribution is 4.84. The van der Waals surface area contributed by atoms with Gasteiger partial charge in [0.15, 0.2) is 0 Å². The topological polar surface area (TPSA) is 3.24 Å². The largest absolute Gasteiger partial charge is 0.306 e. The highest BCUT2D eigenvalue weighted by Crippen LogP contribution is 2.40. The molecule has 1 aliphatic heterocycles. The van der Waals surface area contributed by atoms with Gasteiger partial charge in [-0.15, -0.1) is 0 Å². The molecule has 0 aromatic rings. The quantitative estimate of drug-likeness (QED) is 0.650. The van der Waals surface area contributed by atoms with E-state index >= 15 is 0 Å². The molecule has 0 aromatic carbocycles. The molecule has 0 aliphatic carbocycles. The van der Waals surface area contributed by atoms with Crippen molar-refractivity contribution in [3.63, 3.8) is 0 Å². The van der Waals surface area contributed by atoms with Gasteiger partial charge in [-0.1, -0.05) is 40.0 Å². The normalized spacial score (nSPS) is 21.6. The summed E-state index contributed by atoms with van der Waals surface area (Å²) in [7, 11) is 2.27. The van der Waals surface area contributed by atoms with Gasteiger partial charge in [-0.2, -0.15) is 0 Å². The van der Waals surface area contributed by atoms with Crippen molar-refractivity contribution in [3.8, 4) is 0 Å². The Labute approximate surface area is 103 Å². The molecule has 0 saturated carbocycles. The maximum atomic E-state index is 2.50. The molecule has 0 aromatic heterocycles. The molecule has 0 bridgehead atoms. The third-order valence-electron chi connectivity index (χ3n) is 4.32. The van der Waals surface area contributed by atoms with Crippen LogP contribution in [-0.4, -0.2) is 25.0 Å². The van der Waals surface area contributed by atoms with Crippen molar-refractivity contribution >= 4 is 0 Å². The average molecular weight is 225 g/mol. The van der Waals surface area contributed by atoms with Crippen LogP contribution in [0.15, 0.2) is 0 Å². The Kier molecular flexibility index (Phi) is 5.82. The Morgan fingerprint density at radius 1 is 1.12 bits per heavy atom. The van der Waals surface area contributed by atoms with Gasteiger partial charge in [-0.05, 0) is 57.2 Å². The third-order valence-corrected chi connectivity index (χ3v) is 4.32. The summed E-state index contributed by atoms with van der Waals surface area (Å²) in [5.74, 6) is 0.880. The number of hydrogen-bond donors (Lipinski definition) is 0. The van der Waals surface area contributed by atoms with Crippen molar-refractivity contribution in [2.45, 2.75) is 65.7 Å². The van der Waals surface area contributed by atoms with Crippen molar-refractivity contribution in [2.75, 3.05) is 20.1 Å². The first-order chi connectivity index (χ1) is 7.58. The van der Waals surface area contributed by atoms with Gasteiger partial charge < -0.3 is 4.90 Å². The van der Waals surface area contributed by atoms with Crippen LogP contribution in [0.4, 0.5) is 0 Å². The molecule has 1 nitrogen and oxygen atoms in total. The molecular weight excluding hydrogens is 194 g/mol. The standard InChI is InChI=1S/C15H31N/c1-5-8-15(9-6-7-14(2)3)10-12-16(4)13-11-15/h14H,5-13H2,1-4H3. The summed E-state index contributed by atoms with van der Waals surface area (Å²) in [6, 6.07) is 0. The van der Waals surface area contributed by atoms with E-state index in [2.05, 4.69) is 32.7 Å². The van der Waals surface area contributed by atoms with Crippen molar-refractivity contribution in [1.29, 1.82) is 0 Å². The summed E-state index contributed by atoms with van der Waals surface area (Å²) in [6.45, 7) is 9.69. The SMILES string of the molecule is CCCC1(CCCC(C)C)CCN(C)CC1. The molecule has 1 saturated heterocycles.